The van der Waals surface area contributed by atoms with Crippen molar-refractivity contribution in [3.05, 3.63) is 28.0 Å². The number of amides is 1. The Hall–Kier alpha value is -1.34. The summed E-state index contributed by atoms with van der Waals surface area (Å²) < 4.78 is 36.7. The molecule has 0 bridgehead atoms. The molecule has 0 spiro atoms. The van der Waals surface area contributed by atoms with Crippen molar-refractivity contribution in [2.24, 2.45) is 0 Å². The Kier molecular flexibility index (Phi) is 5.56. The third-order valence-electron chi connectivity index (χ3n) is 2.31. The van der Waals surface area contributed by atoms with Crippen LogP contribution in [0.2, 0.25) is 0 Å². The van der Waals surface area contributed by atoms with Crippen molar-refractivity contribution in [1.82, 2.24) is 4.90 Å². The van der Waals surface area contributed by atoms with E-state index in [2.05, 4.69) is 0 Å². The molecular weight excluding hydrogens is 279 g/mol. The number of halogens is 3. The Morgan fingerprint density at radius 1 is 1.53 bits per heavy atom. The minimum atomic E-state index is -4.40. The molecule has 0 saturated heterocycles. The van der Waals surface area contributed by atoms with Crippen LogP contribution in [0.5, 0.6) is 0 Å². The summed E-state index contributed by atoms with van der Waals surface area (Å²) >= 11 is 1.31. The van der Waals surface area contributed by atoms with Gasteiger partial charge in [-0.15, -0.1) is 11.3 Å². The van der Waals surface area contributed by atoms with Gasteiger partial charge in [-0.3, -0.25) is 4.79 Å². The maximum atomic E-state index is 12.2. The van der Waals surface area contributed by atoms with Gasteiger partial charge in [0.1, 0.15) is 6.54 Å². The molecule has 0 aliphatic heterocycles. The van der Waals surface area contributed by atoms with Crippen molar-refractivity contribution in [1.29, 1.82) is 0 Å². The van der Waals surface area contributed by atoms with E-state index >= 15 is 0 Å². The fourth-order valence-corrected chi connectivity index (χ4v) is 2.18. The lowest BCUT2D eigenvalue weighted by Crippen LogP contribution is -2.37. The van der Waals surface area contributed by atoms with Gasteiger partial charge in [0, 0.05) is 17.5 Å². The largest absolute Gasteiger partial charge is 0.406 e. The van der Waals surface area contributed by atoms with E-state index in [1.54, 1.807) is 11.4 Å². The lowest BCUT2D eigenvalue weighted by molar-refractivity contribution is -0.157. The standard InChI is InChI=1S/C12H14F3NO2S/c1-2-16(8-12(13,14)15)11(18)4-3-10-5-9(6-17)7-19-10/h3-5,7,17H,2,6,8H2,1H3/b4-3+. The van der Waals surface area contributed by atoms with Crippen LogP contribution < -0.4 is 0 Å². The van der Waals surface area contributed by atoms with Gasteiger partial charge in [-0.25, -0.2) is 0 Å². The van der Waals surface area contributed by atoms with E-state index in [9.17, 15) is 18.0 Å². The minimum absolute atomic E-state index is 0.00495. The van der Waals surface area contributed by atoms with Crippen molar-refractivity contribution in [3.8, 4) is 0 Å². The van der Waals surface area contributed by atoms with Crippen LogP contribution in [0.25, 0.3) is 6.08 Å². The average Bonchev–Trinajstić information content (AvgIpc) is 2.79. The van der Waals surface area contributed by atoms with Crippen LogP contribution >= 0.6 is 11.3 Å². The van der Waals surface area contributed by atoms with Crippen LogP contribution in [0.4, 0.5) is 13.2 Å². The number of aliphatic hydroxyl groups is 1. The molecule has 1 heterocycles. The van der Waals surface area contributed by atoms with E-state index < -0.39 is 18.6 Å². The Balaban J connectivity index is 2.66. The molecule has 1 N–H and O–H groups in total. The van der Waals surface area contributed by atoms with Crippen LogP contribution in [0.1, 0.15) is 17.4 Å². The molecule has 0 unspecified atom stereocenters. The zero-order valence-electron chi connectivity index (χ0n) is 10.3. The highest BCUT2D eigenvalue weighted by Crippen LogP contribution is 2.18. The van der Waals surface area contributed by atoms with Crippen molar-refractivity contribution >= 4 is 23.3 Å². The van der Waals surface area contributed by atoms with Gasteiger partial charge in [-0.05, 0) is 30.0 Å². The van der Waals surface area contributed by atoms with E-state index in [-0.39, 0.29) is 13.2 Å². The highest BCUT2D eigenvalue weighted by molar-refractivity contribution is 7.11. The molecule has 0 aromatic carbocycles. The van der Waals surface area contributed by atoms with Crippen LogP contribution in [-0.4, -0.2) is 35.2 Å². The topological polar surface area (TPSA) is 40.5 Å². The molecular formula is C12H14F3NO2S. The first-order chi connectivity index (χ1) is 8.85. The summed E-state index contributed by atoms with van der Waals surface area (Å²) in [6, 6.07) is 1.68. The molecule has 0 saturated carbocycles. The van der Waals surface area contributed by atoms with Crippen LogP contribution in [-0.2, 0) is 11.4 Å². The summed E-state index contributed by atoms with van der Waals surface area (Å²) in [6.45, 7) is 0.133. The normalized spacial score (nSPS) is 12.1. The molecule has 0 aliphatic rings. The first-order valence-electron chi connectivity index (χ1n) is 5.57. The van der Waals surface area contributed by atoms with Crippen LogP contribution in [0, 0.1) is 0 Å². The third kappa shape index (κ3) is 5.44. The number of alkyl halides is 3. The van der Waals surface area contributed by atoms with Gasteiger partial charge < -0.3 is 10.0 Å². The molecule has 1 rings (SSSR count). The van der Waals surface area contributed by atoms with Crippen molar-refractivity contribution in [2.45, 2.75) is 19.7 Å². The third-order valence-corrected chi connectivity index (χ3v) is 3.26. The molecule has 106 valence electrons. The SMILES string of the molecule is CCN(CC(F)(F)F)C(=O)/C=C/c1cc(CO)cs1. The second-order valence-corrected chi connectivity index (χ2v) is 4.76. The van der Waals surface area contributed by atoms with Crippen molar-refractivity contribution in [3.63, 3.8) is 0 Å². The van der Waals surface area contributed by atoms with E-state index in [1.807, 2.05) is 0 Å². The van der Waals surface area contributed by atoms with Gasteiger partial charge in [-0.2, -0.15) is 13.2 Å². The monoisotopic (exact) mass is 293 g/mol. The number of nitrogens with zero attached hydrogens (tertiary/aromatic N) is 1. The predicted molar refractivity (Wildman–Crippen MR) is 67.6 cm³/mol. The van der Waals surface area contributed by atoms with Gasteiger partial charge in [-0.1, -0.05) is 0 Å². The highest BCUT2D eigenvalue weighted by Gasteiger charge is 2.31. The number of hydrogen-bond acceptors (Lipinski definition) is 3. The molecule has 0 radical (unpaired) electrons. The summed E-state index contributed by atoms with van der Waals surface area (Å²) in [4.78, 5) is 13.0. The Morgan fingerprint density at radius 2 is 2.21 bits per heavy atom. The molecule has 0 fully saturated rings. The first kappa shape index (κ1) is 15.7. The number of hydrogen-bond donors (Lipinski definition) is 1. The molecule has 1 aromatic heterocycles. The summed E-state index contributed by atoms with van der Waals surface area (Å²) in [7, 11) is 0. The Bertz CT molecular complexity index is 454. The van der Waals surface area contributed by atoms with Gasteiger partial charge in [0.05, 0.1) is 6.61 Å². The maximum Gasteiger partial charge on any atom is 0.406 e. The molecule has 1 aromatic rings. The van der Waals surface area contributed by atoms with Crippen molar-refractivity contribution in [2.75, 3.05) is 13.1 Å². The van der Waals surface area contributed by atoms with Gasteiger partial charge in [0.15, 0.2) is 0 Å². The lowest BCUT2D eigenvalue weighted by Gasteiger charge is -2.20. The quantitative estimate of drug-likeness (QED) is 0.848. The summed E-state index contributed by atoms with van der Waals surface area (Å²) in [5.41, 5.74) is 0.708. The number of likely N-dealkylation sites (N-methyl/N-ethyl adjacent to an activating group) is 1. The lowest BCUT2D eigenvalue weighted by atomic mass is 10.3. The maximum absolute atomic E-state index is 12.2. The van der Waals surface area contributed by atoms with E-state index in [1.165, 1.54) is 24.3 Å². The Morgan fingerprint density at radius 3 is 2.68 bits per heavy atom. The zero-order valence-corrected chi connectivity index (χ0v) is 11.1. The number of rotatable bonds is 5. The summed E-state index contributed by atoms with van der Waals surface area (Å²) in [5, 5.41) is 10.6. The predicted octanol–water partition coefficient (Wildman–Crippen LogP) is 2.66. The smallest absolute Gasteiger partial charge is 0.392 e. The van der Waals surface area contributed by atoms with E-state index in [0.717, 1.165) is 11.0 Å². The second-order valence-electron chi connectivity index (χ2n) is 3.82. The number of thiophene rings is 1. The van der Waals surface area contributed by atoms with Crippen molar-refractivity contribution < 1.29 is 23.1 Å². The van der Waals surface area contributed by atoms with Crippen LogP contribution in [0.3, 0.4) is 0 Å². The fraction of sp³-hybridized carbons (Fsp3) is 0.417. The first-order valence-corrected chi connectivity index (χ1v) is 6.45. The molecule has 0 aliphatic carbocycles. The molecule has 3 nitrogen and oxygen atoms in total. The van der Waals surface area contributed by atoms with Gasteiger partial charge in [0.25, 0.3) is 0 Å². The number of carbonyl (C=O) groups excluding carboxylic acids is 1. The second kappa shape index (κ2) is 6.72. The number of carbonyl (C=O) groups is 1. The number of aliphatic hydroxyl groups excluding tert-OH is 1. The molecule has 19 heavy (non-hydrogen) atoms. The highest BCUT2D eigenvalue weighted by atomic mass is 32.1. The average molecular weight is 293 g/mol. The minimum Gasteiger partial charge on any atom is -0.392 e. The fourth-order valence-electron chi connectivity index (χ4n) is 1.39. The van der Waals surface area contributed by atoms with E-state index in [0.29, 0.717) is 10.4 Å². The Labute approximate surface area is 113 Å². The van der Waals surface area contributed by atoms with E-state index in [4.69, 9.17) is 5.11 Å². The summed E-state index contributed by atoms with van der Waals surface area (Å²) in [6.07, 6.45) is -1.83. The van der Waals surface area contributed by atoms with Gasteiger partial charge in [0.2, 0.25) is 5.91 Å². The summed E-state index contributed by atoms with van der Waals surface area (Å²) in [5.74, 6) is -0.682. The molecule has 0 atom stereocenters. The molecule has 1 amide bonds. The van der Waals surface area contributed by atoms with Crippen LogP contribution in [0.15, 0.2) is 17.5 Å². The van der Waals surface area contributed by atoms with Gasteiger partial charge >= 0.3 is 6.18 Å². The zero-order chi connectivity index (χ0) is 14.5. The molecule has 7 heteroatoms.